The minimum absolute atomic E-state index is 0.118. The Morgan fingerprint density at radius 1 is 1.22 bits per heavy atom. The highest BCUT2D eigenvalue weighted by molar-refractivity contribution is 6.31. The van der Waals surface area contributed by atoms with Crippen LogP contribution in [-0.4, -0.2) is 27.7 Å². The van der Waals surface area contributed by atoms with Crippen LogP contribution >= 0.6 is 11.6 Å². The topological polar surface area (TPSA) is 93.5 Å². The molecular formula is C19H16ClN3O4. The van der Waals surface area contributed by atoms with Crippen LogP contribution < -0.4 is 15.6 Å². The first-order valence-corrected chi connectivity index (χ1v) is 8.33. The molecule has 1 aromatic heterocycles. The summed E-state index contributed by atoms with van der Waals surface area (Å²) in [5.74, 6) is 0.0924. The van der Waals surface area contributed by atoms with Crippen molar-refractivity contribution in [2.45, 2.75) is 6.54 Å². The summed E-state index contributed by atoms with van der Waals surface area (Å²) in [4.78, 5) is 28.7. The Kier molecular flexibility index (Phi) is 5.42. The Hall–Kier alpha value is -3.32. The molecule has 0 saturated carbocycles. The molecule has 0 radical (unpaired) electrons. The number of aromatic nitrogens is 2. The van der Waals surface area contributed by atoms with E-state index in [0.717, 1.165) is 5.56 Å². The molecule has 2 N–H and O–H groups in total. The van der Waals surface area contributed by atoms with Crippen molar-refractivity contribution in [2.24, 2.45) is 0 Å². The van der Waals surface area contributed by atoms with Crippen molar-refractivity contribution >= 4 is 23.2 Å². The first-order chi connectivity index (χ1) is 13.0. The van der Waals surface area contributed by atoms with Gasteiger partial charge in [0, 0.05) is 16.7 Å². The Morgan fingerprint density at radius 3 is 2.63 bits per heavy atom. The van der Waals surface area contributed by atoms with Gasteiger partial charge in [-0.1, -0.05) is 11.6 Å². The molecule has 0 fully saturated rings. The molecule has 138 valence electrons. The maximum absolute atomic E-state index is 12.3. The van der Waals surface area contributed by atoms with Crippen LogP contribution in [-0.2, 0) is 11.3 Å². The molecule has 0 atom stereocenters. The molecule has 0 unspecified atom stereocenters. The molecule has 0 aliphatic carbocycles. The fourth-order valence-corrected chi connectivity index (χ4v) is 2.59. The molecule has 1 amide bonds. The number of phenols is 1. The number of carbonyl (C=O) groups excluding carboxylic acids is 1. The minimum Gasteiger partial charge on any atom is -0.506 e. The SMILES string of the molecule is COc1ccc(-c2cc(=O)n(CC(=O)Nc3cc(Cl)ccc3O)cn2)cc1. The number of nitrogens with zero attached hydrogens (tertiary/aromatic N) is 2. The molecule has 7 nitrogen and oxygen atoms in total. The van der Waals surface area contributed by atoms with Gasteiger partial charge < -0.3 is 15.2 Å². The quantitative estimate of drug-likeness (QED) is 0.659. The van der Waals surface area contributed by atoms with Gasteiger partial charge in [-0.05, 0) is 42.5 Å². The van der Waals surface area contributed by atoms with Crippen molar-refractivity contribution in [1.82, 2.24) is 9.55 Å². The number of phenolic OH excluding ortho intramolecular Hbond substituents is 1. The molecule has 0 bridgehead atoms. The molecule has 1 heterocycles. The summed E-state index contributed by atoms with van der Waals surface area (Å²) in [6.45, 7) is -0.249. The molecule has 0 aliphatic heterocycles. The number of amides is 1. The summed E-state index contributed by atoms with van der Waals surface area (Å²) >= 11 is 5.84. The van der Waals surface area contributed by atoms with Crippen molar-refractivity contribution in [1.29, 1.82) is 0 Å². The largest absolute Gasteiger partial charge is 0.506 e. The van der Waals surface area contributed by atoms with Crippen LogP contribution in [0.4, 0.5) is 5.69 Å². The summed E-state index contributed by atoms with van der Waals surface area (Å²) in [5.41, 5.74) is 1.05. The third kappa shape index (κ3) is 4.45. The van der Waals surface area contributed by atoms with Crippen LogP contribution in [0.1, 0.15) is 0 Å². The van der Waals surface area contributed by atoms with E-state index in [1.54, 1.807) is 31.4 Å². The first kappa shape index (κ1) is 18.5. The van der Waals surface area contributed by atoms with E-state index in [9.17, 15) is 14.7 Å². The second-order valence-electron chi connectivity index (χ2n) is 5.68. The number of hydrogen-bond donors (Lipinski definition) is 2. The number of carbonyl (C=O) groups is 1. The maximum Gasteiger partial charge on any atom is 0.254 e. The number of aromatic hydroxyl groups is 1. The van der Waals surface area contributed by atoms with Crippen molar-refractivity contribution in [3.8, 4) is 22.8 Å². The number of hydrogen-bond acceptors (Lipinski definition) is 5. The summed E-state index contributed by atoms with van der Waals surface area (Å²) in [7, 11) is 1.57. The van der Waals surface area contributed by atoms with Gasteiger partial charge >= 0.3 is 0 Å². The van der Waals surface area contributed by atoms with Crippen LogP contribution in [0.2, 0.25) is 5.02 Å². The summed E-state index contributed by atoms with van der Waals surface area (Å²) in [6.07, 6.45) is 1.30. The van der Waals surface area contributed by atoms with E-state index >= 15 is 0 Å². The van der Waals surface area contributed by atoms with Crippen molar-refractivity contribution < 1.29 is 14.6 Å². The fourth-order valence-electron chi connectivity index (χ4n) is 2.42. The van der Waals surface area contributed by atoms with E-state index in [1.807, 2.05) is 0 Å². The van der Waals surface area contributed by atoms with Crippen LogP contribution in [0.5, 0.6) is 11.5 Å². The monoisotopic (exact) mass is 385 g/mol. The van der Waals surface area contributed by atoms with Gasteiger partial charge in [-0.2, -0.15) is 0 Å². The third-order valence-electron chi connectivity index (χ3n) is 3.81. The lowest BCUT2D eigenvalue weighted by molar-refractivity contribution is -0.116. The molecule has 27 heavy (non-hydrogen) atoms. The van der Waals surface area contributed by atoms with Crippen molar-refractivity contribution in [3.63, 3.8) is 0 Å². The maximum atomic E-state index is 12.3. The van der Waals surface area contributed by atoms with E-state index in [1.165, 1.54) is 35.2 Å². The number of ether oxygens (including phenoxy) is 1. The lowest BCUT2D eigenvalue weighted by Gasteiger charge is -2.09. The Balaban J connectivity index is 1.74. The highest BCUT2D eigenvalue weighted by atomic mass is 35.5. The number of halogens is 1. The zero-order valence-corrected chi connectivity index (χ0v) is 15.1. The molecule has 0 saturated heterocycles. The van der Waals surface area contributed by atoms with E-state index in [2.05, 4.69) is 10.3 Å². The highest BCUT2D eigenvalue weighted by Gasteiger charge is 2.10. The first-order valence-electron chi connectivity index (χ1n) is 7.95. The van der Waals surface area contributed by atoms with E-state index in [4.69, 9.17) is 16.3 Å². The predicted octanol–water partition coefficient (Wildman–Crippen LogP) is 2.92. The fraction of sp³-hybridized carbons (Fsp3) is 0.105. The van der Waals surface area contributed by atoms with Gasteiger partial charge in [-0.3, -0.25) is 14.2 Å². The predicted molar refractivity (Wildman–Crippen MR) is 102 cm³/mol. The number of nitrogens with one attached hydrogen (secondary N) is 1. The Labute approximate surface area is 159 Å². The van der Waals surface area contributed by atoms with Crippen molar-refractivity contribution in [3.05, 3.63) is 70.2 Å². The molecule has 2 aromatic carbocycles. The highest BCUT2D eigenvalue weighted by Crippen LogP contribution is 2.26. The number of methoxy groups -OCH3 is 1. The van der Waals surface area contributed by atoms with E-state index in [-0.39, 0.29) is 23.5 Å². The number of rotatable bonds is 5. The van der Waals surface area contributed by atoms with Gasteiger partial charge in [-0.25, -0.2) is 4.98 Å². The lowest BCUT2D eigenvalue weighted by atomic mass is 10.1. The van der Waals surface area contributed by atoms with Gasteiger partial charge in [0.25, 0.3) is 5.56 Å². The molecule has 0 aliphatic rings. The average molecular weight is 386 g/mol. The average Bonchev–Trinajstić information content (AvgIpc) is 2.66. The number of anilines is 1. The van der Waals surface area contributed by atoms with Gasteiger partial charge in [0.15, 0.2) is 0 Å². The molecule has 3 aromatic rings. The summed E-state index contributed by atoms with van der Waals surface area (Å²) < 4.78 is 6.27. The third-order valence-corrected chi connectivity index (χ3v) is 4.05. The molecule has 8 heteroatoms. The van der Waals surface area contributed by atoms with Crippen LogP contribution in [0.3, 0.4) is 0 Å². The smallest absolute Gasteiger partial charge is 0.254 e. The molecule has 3 rings (SSSR count). The van der Waals surface area contributed by atoms with E-state index < -0.39 is 5.91 Å². The van der Waals surface area contributed by atoms with Gasteiger partial charge in [-0.15, -0.1) is 0 Å². The van der Waals surface area contributed by atoms with Gasteiger partial charge in [0.2, 0.25) is 5.91 Å². The summed E-state index contributed by atoms with van der Waals surface area (Å²) in [5, 5.41) is 12.6. The van der Waals surface area contributed by atoms with Gasteiger partial charge in [0.1, 0.15) is 18.0 Å². The van der Waals surface area contributed by atoms with Crippen LogP contribution in [0, 0.1) is 0 Å². The zero-order chi connectivity index (χ0) is 19.4. The number of benzene rings is 2. The second kappa shape index (κ2) is 7.92. The summed E-state index contributed by atoms with van der Waals surface area (Å²) in [6, 6.07) is 12.8. The van der Waals surface area contributed by atoms with E-state index in [0.29, 0.717) is 16.5 Å². The Morgan fingerprint density at radius 2 is 1.96 bits per heavy atom. The molecular weight excluding hydrogens is 370 g/mol. The molecule has 0 spiro atoms. The second-order valence-corrected chi connectivity index (χ2v) is 6.11. The Bertz CT molecular complexity index is 1030. The lowest BCUT2D eigenvalue weighted by Crippen LogP contribution is -2.27. The van der Waals surface area contributed by atoms with Crippen LogP contribution in [0.25, 0.3) is 11.3 Å². The normalized spacial score (nSPS) is 10.4. The minimum atomic E-state index is -0.492. The van der Waals surface area contributed by atoms with Crippen molar-refractivity contribution in [2.75, 3.05) is 12.4 Å². The van der Waals surface area contributed by atoms with Crippen LogP contribution in [0.15, 0.2) is 59.7 Å². The standard InChI is InChI=1S/C19H16ClN3O4/c1-27-14-5-2-12(3-6-14)15-9-19(26)23(11-21-15)10-18(25)22-16-8-13(20)4-7-17(16)24/h2-9,11,24H,10H2,1H3,(H,22,25). The van der Waals surface area contributed by atoms with Gasteiger partial charge in [0.05, 0.1) is 24.8 Å². The zero-order valence-electron chi connectivity index (χ0n) is 14.3.